The van der Waals surface area contributed by atoms with Gasteiger partial charge in [-0.15, -0.1) is 0 Å². The molecule has 124 valence electrons. The van der Waals surface area contributed by atoms with Crippen LogP contribution in [0.25, 0.3) is 0 Å². The zero-order valence-electron chi connectivity index (χ0n) is 13.1. The molecule has 1 fully saturated rings. The van der Waals surface area contributed by atoms with E-state index in [0.29, 0.717) is 25.4 Å². The number of benzene rings is 1. The van der Waals surface area contributed by atoms with Gasteiger partial charge in [0.15, 0.2) is 0 Å². The number of aromatic nitrogens is 2. The van der Waals surface area contributed by atoms with Gasteiger partial charge in [-0.2, -0.15) is 4.31 Å². The molecule has 1 saturated heterocycles. The summed E-state index contributed by atoms with van der Waals surface area (Å²) in [6, 6.07) is 6.14. The number of sulfonamides is 1. The monoisotopic (exact) mass is 336 g/mol. The van der Waals surface area contributed by atoms with Crippen LogP contribution in [0.4, 0.5) is 0 Å². The molecule has 0 saturated carbocycles. The number of ether oxygens (including phenoxy) is 1. The van der Waals surface area contributed by atoms with Crippen LogP contribution in [0.5, 0.6) is 5.75 Å². The third-order valence-electron chi connectivity index (χ3n) is 4.02. The SMILES string of the molecule is COc1ccc(S(=O)(=O)N2CCNCC2c2nccn2C)cc1. The van der Waals surface area contributed by atoms with Gasteiger partial charge in [0.25, 0.3) is 0 Å². The van der Waals surface area contributed by atoms with E-state index in [1.807, 2.05) is 17.8 Å². The van der Waals surface area contributed by atoms with Crippen LogP contribution in [-0.4, -0.2) is 49.0 Å². The number of hydrogen-bond acceptors (Lipinski definition) is 5. The van der Waals surface area contributed by atoms with E-state index in [1.54, 1.807) is 37.6 Å². The van der Waals surface area contributed by atoms with Gasteiger partial charge < -0.3 is 14.6 Å². The molecule has 1 aliphatic rings. The molecule has 0 spiro atoms. The highest BCUT2D eigenvalue weighted by molar-refractivity contribution is 7.89. The zero-order valence-corrected chi connectivity index (χ0v) is 14.0. The highest BCUT2D eigenvalue weighted by Crippen LogP contribution is 2.28. The van der Waals surface area contributed by atoms with Gasteiger partial charge in [-0.3, -0.25) is 0 Å². The van der Waals surface area contributed by atoms with Crippen molar-refractivity contribution >= 4 is 10.0 Å². The van der Waals surface area contributed by atoms with Gasteiger partial charge in [0.2, 0.25) is 10.0 Å². The van der Waals surface area contributed by atoms with E-state index >= 15 is 0 Å². The molecule has 1 unspecified atom stereocenters. The summed E-state index contributed by atoms with van der Waals surface area (Å²) in [6.45, 7) is 1.57. The number of imidazole rings is 1. The predicted molar refractivity (Wildman–Crippen MR) is 85.7 cm³/mol. The lowest BCUT2D eigenvalue weighted by molar-refractivity contribution is 0.258. The van der Waals surface area contributed by atoms with Crippen LogP contribution < -0.4 is 10.1 Å². The first kappa shape index (κ1) is 16.0. The average molecular weight is 336 g/mol. The first-order valence-electron chi connectivity index (χ1n) is 7.38. The van der Waals surface area contributed by atoms with Gasteiger partial charge in [-0.05, 0) is 24.3 Å². The number of rotatable bonds is 4. The van der Waals surface area contributed by atoms with Crippen molar-refractivity contribution in [3.63, 3.8) is 0 Å². The normalized spacial score (nSPS) is 19.7. The van der Waals surface area contributed by atoms with Gasteiger partial charge in [0.05, 0.1) is 18.0 Å². The third-order valence-corrected chi connectivity index (χ3v) is 5.94. The molecule has 0 radical (unpaired) electrons. The van der Waals surface area contributed by atoms with Crippen molar-refractivity contribution in [2.45, 2.75) is 10.9 Å². The van der Waals surface area contributed by atoms with E-state index in [-0.39, 0.29) is 10.9 Å². The van der Waals surface area contributed by atoms with Crippen LogP contribution in [0.3, 0.4) is 0 Å². The average Bonchev–Trinajstić information content (AvgIpc) is 3.01. The Morgan fingerprint density at radius 3 is 2.65 bits per heavy atom. The lowest BCUT2D eigenvalue weighted by atomic mass is 10.2. The molecular formula is C15H20N4O3S. The van der Waals surface area contributed by atoms with Crippen LogP contribution in [-0.2, 0) is 17.1 Å². The van der Waals surface area contributed by atoms with Crippen molar-refractivity contribution in [3.8, 4) is 5.75 Å². The fourth-order valence-electron chi connectivity index (χ4n) is 2.77. The zero-order chi connectivity index (χ0) is 16.4. The maximum Gasteiger partial charge on any atom is 0.243 e. The summed E-state index contributed by atoms with van der Waals surface area (Å²) < 4.78 is 34.5. The molecule has 1 N–H and O–H groups in total. The standard InChI is InChI=1S/C15H20N4O3S/c1-18-9-8-17-15(18)14-11-16-7-10-19(14)23(20,21)13-5-3-12(22-2)4-6-13/h3-6,8-9,14,16H,7,10-11H2,1-2H3. The van der Waals surface area contributed by atoms with Crippen LogP contribution in [0.1, 0.15) is 11.9 Å². The minimum Gasteiger partial charge on any atom is -0.497 e. The Bertz CT molecular complexity index is 770. The van der Waals surface area contributed by atoms with Crippen LogP contribution in [0, 0.1) is 0 Å². The number of piperazine rings is 1. The Morgan fingerprint density at radius 2 is 2.04 bits per heavy atom. The van der Waals surface area contributed by atoms with Crippen molar-refractivity contribution in [2.24, 2.45) is 7.05 Å². The molecule has 0 amide bonds. The smallest absolute Gasteiger partial charge is 0.243 e. The summed E-state index contributed by atoms with van der Waals surface area (Å²) in [6.07, 6.45) is 3.50. The molecule has 7 nitrogen and oxygen atoms in total. The lowest BCUT2D eigenvalue weighted by Crippen LogP contribution is -2.49. The fourth-order valence-corrected chi connectivity index (χ4v) is 4.36. The Kier molecular flexibility index (Phi) is 4.38. The molecule has 8 heteroatoms. The number of aryl methyl sites for hydroxylation is 1. The molecule has 2 aromatic rings. The molecule has 0 aliphatic carbocycles. The maximum absolute atomic E-state index is 13.0. The highest BCUT2D eigenvalue weighted by Gasteiger charge is 2.36. The molecule has 1 aromatic carbocycles. The summed E-state index contributed by atoms with van der Waals surface area (Å²) in [5.74, 6) is 1.36. The molecule has 1 atom stereocenters. The van der Waals surface area contributed by atoms with Gasteiger partial charge in [0.1, 0.15) is 11.6 Å². The lowest BCUT2D eigenvalue weighted by Gasteiger charge is -2.34. The largest absolute Gasteiger partial charge is 0.497 e. The molecule has 0 bridgehead atoms. The van der Waals surface area contributed by atoms with Gasteiger partial charge in [-0.25, -0.2) is 13.4 Å². The van der Waals surface area contributed by atoms with Crippen LogP contribution in [0.15, 0.2) is 41.6 Å². The van der Waals surface area contributed by atoms with Crippen molar-refractivity contribution in [1.82, 2.24) is 19.2 Å². The summed E-state index contributed by atoms with van der Waals surface area (Å²) >= 11 is 0. The Balaban J connectivity index is 1.97. The molecule has 1 aliphatic heterocycles. The van der Waals surface area contributed by atoms with E-state index in [1.165, 1.54) is 4.31 Å². The van der Waals surface area contributed by atoms with Gasteiger partial charge in [0, 0.05) is 39.1 Å². The molecule has 3 rings (SSSR count). The van der Waals surface area contributed by atoms with Crippen LogP contribution in [0.2, 0.25) is 0 Å². The van der Waals surface area contributed by atoms with E-state index in [0.717, 1.165) is 5.82 Å². The summed E-state index contributed by atoms with van der Waals surface area (Å²) in [7, 11) is -0.172. The third kappa shape index (κ3) is 2.97. The number of nitrogens with zero attached hydrogens (tertiary/aromatic N) is 3. The second-order valence-corrected chi connectivity index (χ2v) is 7.30. The number of nitrogens with one attached hydrogen (secondary N) is 1. The second kappa shape index (κ2) is 6.31. The quantitative estimate of drug-likeness (QED) is 0.892. The Hall–Kier alpha value is -1.90. The number of hydrogen-bond donors (Lipinski definition) is 1. The van der Waals surface area contributed by atoms with Crippen molar-refractivity contribution in [2.75, 3.05) is 26.7 Å². The fraction of sp³-hybridized carbons (Fsp3) is 0.400. The van der Waals surface area contributed by atoms with E-state index in [2.05, 4.69) is 10.3 Å². The van der Waals surface area contributed by atoms with E-state index in [4.69, 9.17) is 4.74 Å². The Morgan fingerprint density at radius 1 is 1.30 bits per heavy atom. The summed E-state index contributed by atoms with van der Waals surface area (Å²) in [5.41, 5.74) is 0. The maximum atomic E-state index is 13.0. The Labute approximate surface area is 135 Å². The minimum atomic E-state index is -3.59. The van der Waals surface area contributed by atoms with Crippen molar-refractivity contribution in [3.05, 3.63) is 42.5 Å². The van der Waals surface area contributed by atoms with Crippen molar-refractivity contribution < 1.29 is 13.2 Å². The molecule has 23 heavy (non-hydrogen) atoms. The van der Waals surface area contributed by atoms with Gasteiger partial charge in [-0.1, -0.05) is 0 Å². The van der Waals surface area contributed by atoms with Crippen LogP contribution >= 0.6 is 0 Å². The molecule has 2 heterocycles. The predicted octanol–water partition coefficient (Wildman–Crippen LogP) is 0.764. The summed E-state index contributed by atoms with van der Waals surface area (Å²) in [4.78, 5) is 4.58. The molecular weight excluding hydrogens is 316 g/mol. The van der Waals surface area contributed by atoms with Crippen molar-refractivity contribution in [1.29, 1.82) is 0 Å². The highest BCUT2D eigenvalue weighted by atomic mass is 32.2. The van der Waals surface area contributed by atoms with Gasteiger partial charge >= 0.3 is 0 Å². The second-order valence-electron chi connectivity index (χ2n) is 5.41. The summed E-state index contributed by atoms with van der Waals surface area (Å²) in [5, 5.41) is 3.24. The first-order valence-corrected chi connectivity index (χ1v) is 8.82. The topological polar surface area (TPSA) is 76.5 Å². The van der Waals surface area contributed by atoms with E-state index in [9.17, 15) is 8.42 Å². The van der Waals surface area contributed by atoms with E-state index < -0.39 is 10.0 Å². The molecule has 1 aromatic heterocycles. The number of methoxy groups -OCH3 is 1. The first-order chi connectivity index (χ1) is 11.0. The minimum absolute atomic E-state index is 0.263.